The predicted molar refractivity (Wildman–Crippen MR) is 120 cm³/mol. The predicted octanol–water partition coefficient (Wildman–Crippen LogP) is 4.80. The van der Waals surface area contributed by atoms with Crippen LogP contribution in [0.2, 0.25) is 5.02 Å². The number of hydrogen-bond acceptors (Lipinski definition) is 4. The van der Waals surface area contributed by atoms with Gasteiger partial charge in [-0.25, -0.2) is 9.78 Å². The van der Waals surface area contributed by atoms with Crippen molar-refractivity contribution in [3.8, 4) is 16.9 Å². The highest BCUT2D eigenvalue weighted by Crippen LogP contribution is 2.33. The van der Waals surface area contributed by atoms with Crippen LogP contribution >= 0.6 is 11.6 Å². The molecular weight excluding hydrogens is 416 g/mol. The Bertz CT molecular complexity index is 1350. The van der Waals surface area contributed by atoms with Gasteiger partial charge in [-0.15, -0.1) is 0 Å². The second-order valence-electron chi connectivity index (χ2n) is 7.01. The smallest absolute Gasteiger partial charge is 0.335 e. The molecular formula is C24H19ClN2O4. The van der Waals surface area contributed by atoms with E-state index in [1.54, 1.807) is 54.0 Å². The van der Waals surface area contributed by atoms with E-state index in [4.69, 9.17) is 16.3 Å². The number of hydrogen-bond donors (Lipinski definition) is 1. The summed E-state index contributed by atoms with van der Waals surface area (Å²) in [6.45, 7) is 2.34. The van der Waals surface area contributed by atoms with Gasteiger partial charge in [0.15, 0.2) is 0 Å². The third-order valence-corrected chi connectivity index (χ3v) is 5.22. The van der Waals surface area contributed by atoms with Crippen LogP contribution in [-0.2, 0) is 6.54 Å². The van der Waals surface area contributed by atoms with E-state index in [1.165, 1.54) is 6.07 Å². The van der Waals surface area contributed by atoms with Gasteiger partial charge in [-0.1, -0.05) is 35.9 Å². The lowest BCUT2D eigenvalue weighted by Gasteiger charge is -2.15. The van der Waals surface area contributed by atoms with Gasteiger partial charge in [-0.05, 0) is 55.0 Å². The topological polar surface area (TPSA) is 81.4 Å². The number of carboxylic acid groups (broad SMARTS) is 1. The van der Waals surface area contributed by atoms with Crippen LogP contribution in [0.5, 0.6) is 5.75 Å². The highest BCUT2D eigenvalue weighted by molar-refractivity contribution is 6.31. The number of benzene rings is 3. The molecule has 7 heteroatoms. The zero-order valence-electron chi connectivity index (χ0n) is 16.7. The average Bonchev–Trinajstić information content (AvgIpc) is 2.77. The number of aromatic carboxylic acids is 1. The van der Waals surface area contributed by atoms with Crippen LogP contribution in [0.4, 0.5) is 0 Å². The van der Waals surface area contributed by atoms with E-state index in [0.29, 0.717) is 45.2 Å². The van der Waals surface area contributed by atoms with Gasteiger partial charge in [-0.2, -0.15) is 0 Å². The molecule has 1 heterocycles. The van der Waals surface area contributed by atoms with E-state index in [0.717, 1.165) is 0 Å². The molecule has 0 spiro atoms. The number of aromatic nitrogens is 2. The molecule has 156 valence electrons. The quantitative estimate of drug-likeness (QED) is 0.471. The summed E-state index contributed by atoms with van der Waals surface area (Å²) in [5.74, 6) is 0.147. The van der Waals surface area contributed by atoms with Crippen molar-refractivity contribution in [3.63, 3.8) is 0 Å². The standard InChI is InChI=1S/C24H19ClN2O4/c1-15-26-21-8-3-2-7-19(21)23(28)27(15)11-12-31-22-10-9-18(25)14-20(22)16-5-4-6-17(13-16)24(29)30/h2-10,13-14H,11-12H2,1H3,(H,29,30). The molecule has 4 aromatic rings. The molecule has 0 fully saturated rings. The minimum atomic E-state index is -1.01. The lowest BCUT2D eigenvalue weighted by atomic mass is 10.0. The Morgan fingerprint density at radius 1 is 1.10 bits per heavy atom. The number of halogens is 1. The summed E-state index contributed by atoms with van der Waals surface area (Å²) in [7, 11) is 0. The fraction of sp³-hybridized carbons (Fsp3) is 0.125. The summed E-state index contributed by atoms with van der Waals surface area (Å²) in [5, 5.41) is 10.3. The Morgan fingerprint density at radius 2 is 1.90 bits per heavy atom. The summed E-state index contributed by atoms with van der Waals surface area (Å²) in [6.07, 6.45) is 0. The number of carboxylic acids is 1. The molecule has 1 aromatic heterocycles. The molecule has 0 saturated carbocycles. The summed E-state index contributed by atoms with van der Waals surface area (Å²) < 4.78 is 7.57. The van der Waals surface area contributed by atoms with Gasteiger partial charge in [-0.3, -0.25) is 9.36 Å². The maximum Gasteiger partial charge on any atom is 0.335 e. The number of aryl methyl sites for hydroxylation is 1. The van der Waals surface area contributed by atoms with E-state index in [2.05, 4.69) is 4.98 Å². The Kier molecular flexibility index (Phi) is 5.73. The molecule has 0 saturated heterocycles. The molecule has 0 aliphatic heterocycles. The molecule has 4 rings (SSSR count). The number of para-hydroxylation sites is 1. The Hall–Kier alpha value is -3.64. The van der Waals surface area contributed by atoms with Gasteiger partial charge in [0, 0.05) is 10.6 Å². The fourth-order valence-corrected chi connectivity index (χ4v) is 3.63. The van der Waals surface area contributed by atoms with Crippen LogP contribution < -0.4 is 10.3 Å². The molecule has 0 aliphatic rings. The fourth-order valence-electron chi connectivity index (χ4n) is 3.46. The van der Waals surface area contributed by atoms with Crippen LogP contribution in [0.1, 0.15) is 16.2 Å². The van der Waals surface area contributed by atoms with Crippen LogP contribution in [0, 0.1) is 6.92 Å². The highest BCUT2D eigenvalue weighted by Gasteiger charge is 2.12. The Labute approximate surface area is 183 Å². The summed E-state index contributed by atoms with van der Waals surface area (Å²) >= 11 is 6.17. The van der Waals surface area contributed by atoms with E-state index in [1.807, 2.05) is 18.2 Å². The molecule has 0 bridgehead atoms. The van der Waals surface area contributed by atoms with E-state index < -0.39 is 5.97 Å². The summed E-state index contributed by atoms with van der Waals surface area (Å²) in [4.78, 5) is 28.6. The van der Waals surface area contributed by atoms with E-state index >= 15 is 0 Å². The third-order valence-electron chi connectivity index (χ3n) is 4.99. The highest BCUT2D eigenvalue weighted by atomic mass is 35.5. The SMILES string of the molecule is Cc1nc2ccccc2c(=O)n1CCOc1ccc(Cl)cc1-c1cccc(C(=O)O)c1. The maximum atomic E-state index is 12.8. The Morgan fingerprint density at radius 3 is 2.71 bits per heavy atom. The normalized spacial score (nSPS) is 10.9. The van der Waals surface area contributed by atoms with Crippen LogP contribution in [0.25, 0.3) is 22.0 Å². The summed E-state index contributed by atoms with van der Waals surface area (Å²) in [6, 6.07) is 19.0. The zero-order chi connectivity index (χ0) is 22.0. The van der Waals surface area contributed by atoms with Gasteiger partial charge >= 0.3 is 5.97 Å². The van der Waals surface area contributed by atoms with Crippen molar-refractivity contribution in [3.05, 3.63) is 93.5 Å². The third kappa shape index (κ3) is 4.29. The molecule has 3 aromatic carbocycles. The van der Waals surface area contributed by atoms with E-state index in [9.17, 15) is 14.7 Å². The maximum absolute atomic E-state index is 12.8. The molecule has 0 amide bonds. The van der Waals surface area contributed by atoms with Crippen LogP contribution in [-0.4, -0.2) is 27.2 Å². The van der Waals surface area contributed by atoms with Crippen LogP contribution in [0.3, 0.4) is 0 Å². The second kappa shape index (κ2) is 8.62. The first kappa shape index (κ1) is 20.6. The number of carbonyl (C=O) groups is 1. The molecule has 1 N–H and O–H groups in total. The Balaban J connectivity index is 1.61. The number of ether oxygens (including phenoxy) is 1. The van der Waals surface area contributed by atoms with Gasteiger partial charge in [0.25, 0.3) is 5.56 Å². The number of rotatable bonds is 6. The zero-order valence-corrected chi connectivity index (χ0v) is 17.5. The first-order valence-corrected chi connectivity index (χ1v) is 10.0. The first-order valence-electron chi connectivity index (χ1n) is 9.66. The minimum Gasteiger partial charge on any atom is -0.491 e. The van der Waals surface area contributed by atoms with Gasteiger partial charge in [0.05, 0.1) is 23.0 Å². The van der Waals surface area contributed by atoms with Crippen molar-refractivity contribution in [2.45, 2.75) is 13.5 Å². The minimum absolute atomic E-state index is 0.114. The van der Waals surface area contributed by atoms with Crippen molar-refractivity contribution in [1.82, 2.24) is 9.55 Å². The first-order chi connectivity index (χ1) is 14.9. The van der Waals surface area contributed by atoms with Gasteiger partial charge in [0.1, 0.15) is 18.2 Å². The monoisotopic (exact) mass is 434 g/mol. The van der Waals surface area contributed by atoms with Crippen LogP contribution in [0.15, 0.2) is 71.5 Å². The largest absolute Gasteiger partial charge is 0.491 e. The number of nitrogens with zero attached hydrogens (tertiary/aromatic N) is 2. The molecule has 0 atom stereocenters. The van der Waals surface area contributed by atoms with E-state index in [-0.39, 0.29) is 17.7 Å². The molecule has 6 nitrogen and oxygen atoms in total. The number of fused-ring (bicyclic) bond motifs is 1. The van der Waals surface area contributed by atoms with Crippen molar-refractivity contribution >= 4 is 28.5 Å². The molecule has 0 aliphatic carbocycles. The van der Waals surface area contributed by atoms with Crippen molar-refractivity contribution in [1.29, 1.82) is 0 Å². The molecule has 31 heavy (non-hydrogen) atoms. The van der Waals surface area contributed by atoms with Crippen molar-refractivity contribution in [2.75, 3.05) is 6.61 Å². The molecule has 0 unspecified atom stereocenters. The lowest BCUT2D eigenvalue weighted by Crippen LogP contribution is -2.26. The van der Waals surface area contributed by atoms with Gasteiger partial charge in [0.2, 0.25) is 0 Å². The average molecular weight is 435 g/mol. The van der Waals surface area contributed by atoms with Crippen molar-refractivity contribution < 1.29 is 14.6 Å². The second-order valence-corrected chi connectivity index (χ2v) is 7.44. The van der Waals surface area contributed by atoms with Crippen molar-refractivity contribution in [2.24, 2.45) is 0 Å². The summed E-state index contributed by atoms with van der Waals surface area (Å²) in [5.41, 5.74) is 2.08. The lowest BCUT2D eigenvalue weighted by molar-refractivity contribution is 0.0697. The molecule has 0 radical (unpaired) electrons. The van der Waals surface area contributed by atoms with Gasteiger partial charge < -0.3 is 9.84 Å².